The number of urea groups is 1. The van der Waals surface area contributed by atoms with E-state index in [0.717, 1.165) is 36.9 Å². The Bertz CT molecular complexity index is 881. The van der Waals surface area contributed by atoms with Crippen molar-refractivity contribution in [3.63, 3.8) is 0 Å². The minimum atomic E-state index is -0.426. The van der Waals surface area contributed by atoms with Gasteiger partial charge >= 0.3 is 6.03 Å². The number of carbonyl (C=O) groups is 3. The number of halogens is 1. The van der Waals surface area contributed by atoms with Gasteiger partial charge < -0.3 is 23.0 Å². The fourth-order valence-corrected chi connectivity index (χ4v) is 3.37. The minimum Gasteiger partial charge on any atom is -1.00 e. The summed E-state index contributed by atoms with van der Waals surface area (Å²) in [5, 5.41) is 5.69. The van der Waals surface area contributed by atoms with E-state index in [4.69, 9.17) is 0 Å². The third-order valence-corrected chi connectivity index (χ3v) is 5.04. The van der Waals surface area contributed by atoms with Gasteiger partial charge in [0.25, 0.3) is 11.8 Å². The van der Waals surface area contributed by atoms with Crippen LogP contribution in [0.5, 0.6) is 0 Å². The van der Waals surface area contributed by atoms with Crippen LogP contribution >= 0.6 is 0 Å². The molecule has 8 nitrogen and oxygen atoms in total. The average molecular weight is 446 g/mol. The van der Waals surface area contributed by atoms with Crippen molar-refractivity contribution in [1.82, 2.24) is 16.2 Å². The van der Waals surface area contributed by atoms with Gasteiger partial charge in [-0.25, -0.2) is 10.2 Å². The first-order valence-corrected chi connectivity index (χ1v) is 10.2. The molecule has 31 heavy (non-hydrogen) atoms. The van der Waals surface area contributed by atoms with Gasteiger partial charge in [0, 0.05) is 23.9 Å². The Morgan fingerprint density at radius 1 is 0.935 bits per heavy atom. The molecule has 1 saturated carbocycles. The molecule has 0 aliphatic heterocycles. The molecule has 1 aromatic carbocycles. The van der Waals surface area contributed by atoms with Gasteiger partial charge in [-0.1, -0.05) is 37.0 Å². The van der Waals surface area contributed by atoms with Crippen LogP contribution in [0.4, 0.5) is 10.5 Å². The maximum atomic E-state index is 12.2. The third-order valence-electron chi connectivity index (χ3n) is 5.04. The molecule has 3 rings (SSSR count). The molecule has 1 heterocycles. The number of carbonyl (C=O) groups excluding carboxylic acids is 3. The number of benzene rings is 1. The van der Waals surface area contributed by atoms with E-state index in [1.165, 1.54) is 6.42 Å². The van der Waals surface area contributed by atoms with Crippen LogP contribution in [-0.4, -0.2) is 23.9 Å². The Balaban J connectivity index is 0.00000341. The minimum absolute atomic E-state index is 0. The number of nitrogens with zero attached hydrogens (tertiary/aromatic N) is 1. The van der Waals surface area contributed by atoms with Gasteiger partial charge in [-0.2, -0.15) is 4.57 Å². The van der Waals surface area contributed by atoms with Gasteiger partial charge in [-0.15, -0.1) is 0 Å². The van der Waals surface area contributed by atoms with E-state index in [0.29, 0.717) is 5.56 Å². The number of anilines is 1. The topological polar surface area (TPSA) is 103 Å². The molecule has 0 unspecified atom stereocenters. The quantitative estimate of drug-likeness (QED) is 0.358. The number of nitrogens with one attached hydrogen (secondary N) is 4. The van der Waals surface area contributed by atoms with Gasteiger partial charge in [0.15, 0.2) is 12.4 Å². The summed E-state index contributed by atoms with van der Waals surface area (Å²) in [6.07, 6.45) is 8.67. The van der Waals surface area contributed by atoms with Crippen LogP contribution in [0.25, 0.3) is 0 Å². The zero-order valence-corrected chi connectivity index (χ0v) is 18.2. The van der Waals surface area contributed by atoms with Crippen LogP contribution in [0.3, 0.4) is 0 Å². The molecule has 0 saturated heterocycles. The highest BCUT2D eigenvalue weighted by Crippen LogP contribution is 2.17. The number of amides is 4. The molecule has 166 valence electrons. The first-order valence-electron chi connectivity index (χ1n) is 10.2. The second kappa shape index (κ2) is 11.9. The Labute approximate surface area is 188 Å². The standard InChI is InChI=1S/C22H27N5O3.ClH/c1-16-7-9-19(10-8-16)23-20(28)15-27-13-11-17(12-14-27)21(29)25-26-22(30)24-18-5-3-2-4-6-18;/h7-14,18H,2-6,15H2,1H3,(H3,23,24,28,29,30);1H. The lowest BCUT2D eigenvalue weighted by Crippen LogP contribution is -3.00. The van der Waals surface area contributed by atoms with Gasteiger partial charge in [0.2, 0.25) is 6.54 Å². The highest BCUT2D eigenvalue weighted by molar-refractivity contribution is 5.95. The lowest BCUT2D eigenvalue weighted by molar-refractivity contribution is -0.684. The van der Waals surface area contributed by atoms with E-state index in [1.54, 1.807) is 29.1 Å². The summed E-state index contributed by atoms with van der Waals surface area (Å²) in [6, 6.07) is 10.5. The molecule has 1 aliphatic carbocycles. The average Bonchev–Trinajstić information content (AvgIpc) is 2.75. The van der Waals surface area contributed by atoms with Crippen LogP contribution in [0.2, 0.25) is 0 Å². The first-order chi connectivity index (χ1) is 14.5. The van der Waals surface area contributed by atoms with E-state index in [1.807, 2.05) is 31.2 Å². The molecule has 0 radical (unpaired) electrons. The van der Waals surface area contributed by atoms with Crippen LogP contribution in [0.1, 0.15) is 48.0 Å². The number of rotatable bonds is 5. The summed E-state index contributed by atoms with van der Waals surface area (Å²) >= 11 is 0. The molecular formula is C22H28ClN5O3. The summed E-state index contributed by atoms with van der Waals surface area (Å²) in [6.45, 7) is 2.11. The van der Waals surface area contributed by atoms with Crippen molar-refractivity contribution in [1.29, 1.82) is 0 Å². The molecule has 1 aromatic heterocycles. The maximum absolute atomic E-state index is 12.2. The number of aryl methyl sites for hydroxylation is 1. The monoisotopic (exact) mass is 445 g/mol. The van der Waals surface area contributed by atoms with Gasteiger partial charge in [-0.05, 0) is 31.9 Å². The van der Waals surface area contributed by atoms with Crippen molar-refractivity contribution in [2.45, 2.75) is 51.6 Å². The summed E-state index contributed by atoms with van der Waals surface area (Å²) < 4.78 is 1.67. The van der Waals surface area contributed by atoms with Crippen LogP contribution in [0, 0.1) is 6.92 Å². The van der Waals surface area contributed by atoms with Gasteiger partial charge in [0.05, 0.1) is 5.56 Å². The van der Waals surface area contributed by atoms with E-state index in [2.05, 4.69) is 21.5 Å². The normalized spacial score (nSPS) is 13.5. The summed E-state index contributed by atoms with van der Waals surface area (Å²) in [4.78, 5) is 36.3. The second-order valence-electron chi connectivity index (χ2n) is 7.56. The fourth-order valence-electron chi connectivity index (χ4n) is 3.37. The molecule has 0 atom stereocenters. The predicted molar refractivity (Wildman–Crippen MR) is 112 cm³/mol. The van der Waals surface area contributed by atoms with Gasteiger partial charge in [0.1, 0.15) is 0 Å². The molecule has 1 aliphatic rings. The molecule has 0 bridgehead atoms. The van der Waals surface area contributed by atoms with Crippen molar-refractivity contribution in [2.24, 2.45) is 0 Å². The zero-order valence-electron chi connectivity index (χ0n) is 17.5. The molecular weight excluding hydrogens is 418 g/mol. The maximum Gasteiger partial charge on any atom is 0.333 e. The number of aromatic nitrogens is 1. The van der Waals surface area contributed by atoms with Crippen molar-refractivity contribution >= 4 is 23.5 Å². The zero-order chi connectivity index (χ0) is 21.3. The molecule has 4 amide bonds. The van der Waals surface area contributed by atoms with Crippen molar-refractivity contribution in [3.05, 3.63) is 59.9 Å². The lowest BCUT2D eigenvalue weighted by atomic mass is 9.96. The van der Waals surface area contributed by atoms with Crippen LogP contribution in [0.15, 0.2) is 48.8 Å². The summed E-state index contributed by atoms with van der Waals surface area (Å²) in [5.41, 5.74) is 7.02. The van der Waals surface area contributed by atoms with E-state index >= 15 is 0 Å². The fraction of sp³-hybridized carbons (Fsp3) is 0.364. The summed E-state index contributed by atoms with van der Waals surface area (Å²) in [5.74, 6) is -0.591. The molecule has 4 N–H and O–H groups in total. The van der Waals surface area contributed by atoms with Gasteiger partial charge in [-0.3, -0.25) is 15.0 Å². The second-order valence-corrected chi connectivity index (χ2v) is 7.56. The SMILES string of the molecule is Cc1ccc(NC(=O)C[n+]2ccc(C(=O)NNC(=O)NC3CCCCC3)cc2)cc1.[Cl-]. The lowest BCUT2D eigenvalue weighted by Gasteiger charge is -2.22. The van der Waals surface area contributed by atoms with Crippen molar-refractivity contribution in [2.75, 3.05) is 5.32 Å². The third kappa shape index (κ3) is 7.90. The predicted octanol–water partition coefficient (Wildman–Crippen LogP) is -0.798. The Kier molecular flexibility index (Phi) is 9.27. The molecule has 1 fully saturated rings. The molecule has 0 spiro atoms. The smallest absolute Gasteiger partial charge is 0.333 e. The van der Waals surface area contributed by atoms with Crippen LogP contribution < -0.4 is 38.5 Å². The van der Waals surface area contributed by atoms with E-state index < -0.39 is 11.9 Å². The first kappa shape index (κ1) is 24.1. The van der Waals surface area contributed by atoms with Crippen molar-refractivity contribution in [3.8, 4) is 0 Å². The van der Waals surface area contributed by atoms with E-state index in [-0.39, 0.29) is 30.9 Å². The number of hydrogen-bond acceptors (Lipinski definition) is 3. The number of hydrogen-bond donors (Lipinski definition) is 4. The highest BCUT2D eigenvalue weighted by atomic mass is 35.5. The summed E-state index contributed by atoms with van der Waals surface area (Å²) in [7, 11) is 0. The molecule has 9 heteroatoms. The Morgan fingerprint density at radius 3 is 2.23 bits per heavy atom. The Morgan fingerprint density at radius 2 is 1.58 bits per heavy atom. The van der Waals surface area contributed by atoms with E-state index in [9.17, 15) is 14.4 Å². The largest absolute Gasteiger partial charge is 1.00 e. The number of pyridine rings is 1. The van der Waals surface area contributed by atoms with Crippen molar-refractivity contribution < 1.29 is 31.4 Å². The Hall–Kier alpha value is -3.13. The number of hydrazine groups is 1. The highest BCUT2D eigenvalue weighted by Gasteiger charge is 2.16. The molecule has 2 aromatic rings. The van der Waals surface area contributed by atoms with Crippen LogP contribution in [-0.2, 0) is 11.3 Å².